The maximum Gasteiger partial charge on any atom is 0.460 e. The second-order valence-corrected chi connectivity index (χ2v) is 16.4. The fourth-order valence-corrected chi connectivity index (χ4v) is 7.28. The van der Waals surface area contributed by atoms with Crippen LogP contribution >= 0.6 is 0 Å². The minimum Gasteiger partial charge on any atom is -0.579 e. The van der Waals surface area contributed by atoms with Crippen LogP contribution in [0.1, 0.15) is 79.1 Å². The van der Waals surface area contributed by atoms with Crippen molar-refractivity contribution in [2.24, 2.45) is 11.3 Å². The molecule has 0 saturated heterocycles. The predicted octanol–water partition coefficient (Wildman–Crippen LogP) is 5.56. The number of rotatable bonds is 21. The molecule has 0 heterocycles. The van der Waals surface area contributed by atoms with Crippen molar-refractivity contribution in [2.75, 3.05) is 39.6 Å². The van der Waals surface area contributed by atoms with E-state index in [9.17, 15) is 5.11 Å². The van der Waals surface area contributed by atoms with Crippen LogP contribution in [-0.4, -0.2) is 67.6 Å². The molecule has 31 heavy (non-hydrogen) atoms. The van der Waals surface area contributed by atoms with Crippen LogP contribution in [-0.2, 0) is 18.0 Å². The lowest BCUT2D eigenvalue weighted by Crippen LogP contribution is -2.33. The SMILES string of the molecule is CCOCCCC(CC)(CO)COCCCCCCO[Si](=CCC(C)C)O[Si](C)(C)C. The molecule has 0 aromatic rings. The first kappa shape index (κ1) is 30.8. The van der Waals surface area contributed by atoms with Crippen LogP contribution in [0.4, 0.5) is 0 Å². The molecule has 5 nitrogen and oxygen atoms in total. The molecule has 0 aromatic heterocycles. The topological polar surface area (TPSA) is 57.2 Å². The van der Waals surface area contributed by atoms with Gasteiger partial charge in [-0.1, -0.05) is 33.6 Å². The Labute approximate surface area is 195 Å². The van der Waals surface area contributed by atoms with E-state index in [1.165, 1.54) is 0 Å². The summed E-state index contributed by atoms with van der Waals surface area (Å²) in [5.41, 5.74) is 2.17. The van der Waals surface area contributed by atoms with Crippen LogP contribution in [0.5, 0.6) is 0 Å². The van der Waals surface area contributed by atoms with Gasteiger partial charge in [0.05, 0.1) is 19.8 Å². The molecule has 0 spiro atoms. The van der Waals surface area contributed by atoms with Gasteiger partial charge in [0.15, 0.2) is 0 Å². The summed E-state index contributed by atoms with van der Waals surface area (Å²) in [6.07, 6.45) is 8.37. The molecule has 0 bridgehead atoms. The quantitative estimate of drug-likeness (QED) is 0.174. The van der Waals surface area contributed by atoms with Crippen molar-refractivity contribution in [1.82, 2.24) is 0 Å². The normalized spacial score (nSPS) is 14.7. The van der Waals surface area contributed by atoms with Crippen LogP contribution < -0.4 is 0 Å². The second-order valence-electron chi connectivity index (χ2n) is 9.99. The molecule has 0 radical (unpaired) electrons. The third-order valence-electron chi connectivity index (χ3n) is 5.28. The Morgan fingerprint density at radius 1 is 0.935 bits per heavy atom. The van der Waals surface area contributed by atoms with Gasteiger partial charge < -0.3 is 23.1 Å². The summed E-state index contributed by atoms with van der Waals surface area (Å²) in [5, 5.41) is 9.87. The van der Waals surface area contributed by atoms with Crippen molar-refractivity contribution >= 4 is 22.9 Å². The Hall–Kier alpha value is -0.216. The zero-order chi connectivity index (χ0) is 23.6. The smallest absolute Gasteiger partial charge is 0.460 e. The molecule has 0 aliphatic rings. The predicted molar refractivity (Wildman–Crippen MR) is 136 cm³/mol. The number of aliphatic hydroxyl groups is 1. The Morgan fingerprint density at radius 3 is 2.13 bits per heavy atom. The third-order valence-corrected chi connectivity index (χ3v) is 9.60. The number of hydrogen-bond acceptors (Lipinski definition) is 5. The highest BCUT2D eigenvalue weighted by molar-refractivity contribution is 6.77. The van der Waals surface area contributed by atoms with Crippen molar-refractivity contribution in [2.45, 2.75) is 98.7 Å². The lowest BCUT2D eigenvalue weighted by atomic mass is 9.82. The molecule has 0 aromatic carbocycles. The van der Waals surface area contributed by atoms with E-state index in [-0.39, 0.29) is 12.0 Å². The largest absolute Gasteiger partial charge is 0.579 e. The average Bonchev–Trinajstić information content (AvgIpc) is 2.71. The van der Waals surface area contributed by atoms with Crippen LogP contribution in [0.2, 0.25) is 19.6 Å². The Balaban J connectivity index is 4.00. The molecule has 1 atom stereocenters. The molecule has 186 valence electrons. The lowest BCUT2D eigenvalue weighted by molar-refractivity contribution is -0.00838. The van der Waals surface area contributed by atoms with E-state index in [4.69, 9.17) is 18.0 Å². The molecule has 0 rings (SSSR count). The molecule has 7 heteroatoms. The van der Waals surface area contributed by atoms with Crippen molar-refractivity contribution in [3.63, 3.8) is 0 Å². The van der Waals surface area contributed by atoms with Gasteiger partial charge in [-0.2, -0.15) is 0 Å². The van der Waals surface area contributed by atoms with E-state index in [0.29, 0.717) is 12.5 Å². The number of hydrogen-bond donors (Lipinski definition) is 1. The number of aliphatic hydroxyl groups excluding tert-OH is 1. The van der Waals surface area contributed by atoms with Crippen molar-refractivity contribution in [3.05, 3.63) is 0 Å². The first-order valence-electron chi connectivity index (χ1n) is 12.5. The van der Waals surface area contributed by atoms with E-state index in [1.54, 1.807) is 0 Å². The van der Waals surface area contributed by atoms with Gasteiger partial charge in [-0.25, -0.2) is 0 Å². The molecule has 0 fully saturated rings. The van der Waals surface area contributed by atoms with Gasteiger partial charge in [-0.3, -0.25) is 0 Å². The minimum absolute atomic E-state index is 0.119. The summed E-state index contributed by atoms with van der Waals surface area (Å²) in [6.45, 7) is 19.2. The molecule has 1 unspecified atom stereocenters. The van der Waals surface area contributed by atoms with Gasteiger partial charge in [0.25, 0.3) is 0 Å². The molecule has 0 amide bonds. The minimum atomic E-state index is -1.57. The van der Waals surface area contributed by atoms with Gasteiger partial charge in [0.1, 0.15) is 0 Å². The second kappa shape index (κ2) is 18.2. The summed E-state index contributed by atoms with van der Waals surface area (Å²) >= 11 is 0. The standard InChI is InChI=1S/C24H52O5Si2/c1-8-24(21-25,16-14-18-26-9-2)22-27-17-12-10-11-13-19-28-30(20-15-23(3)4)29-31(5,6)7/h20,23,25H,8-19,21-22H2,1-7H3. The monoisotopic (exact) mass is 476 g/mol. The zero-order valence-electron chi connectivity index (χ0n) is 21.6. The van der Waals surface area contributed by atoms with Gasteiger partial charge in [0, 0.05) is 25.2 Å². The maximum absolute atomic E-state index is 9.87. The van der Waals surface area contributed by atoms with Crippen molar-refractivity contribution in [1.29, 1.82) is 0 Å². The Kier molecular flexibility index (Phi) is 18.1. The number of unbranched alkanes of at least 4 members (excludes halogenated alkanes) is 3. The first-order valence-corrected chi connectivity index (χ1v) is 17.3. The molecular formula is C24H52O5Si2. The third kappa shape index (κ3) is 18.0. The van der Waals surface area contributed by atoms with E-state index < -0.39 is 17.2 Å². The van der Waals surface area contributed by atoms with Crippen LogP contribution in [0.15, 0.2) is 0 Å². The highest BCUT2D eigenvalue weighted by Gasteiger charge is 2.27. The summed E-state index contributed by atoms with van der Waals surface area (Å²) in [6, 6.07) is 0. The summed E-state index contributed by atoms with van der Waals surface area (Å²) < 4.78 is 23.7. The summed E-state index contributed by atoms with van der Waals surface area (Å²) in [4.78, 5) is 0. The van der Waals surface area contributed by atoms with Gasteiger partial charge in [-0.15, -0.1) is 0 Å². The molecule has 0 aliphatic heterocycles. The Bertz CT molecular complexity index is 446. The maximum atomic E-state index is 9.87. The Morgan fingerprint density at radius 2 is 1.58 bits per heavy atom. The van der Waals surface area contributed by atoms with Crippen molar-refractivity contribution < 1.29 is 23.1 Å². The fraction of sp³-hybridized carbons (Fsp3) is 0.958. The van der Waals surface area contributed by atoms with E-state index in [0.717, 1.165) is 77.8 Å². The first-order chi connectivity index (χ1) is 14.7. The van der Waals surface area contributed by atoms with Gasteiger partial charge in [-0.05, 0) is 76.7 Å². The van der Waals surface area contributed by atoms with Crippen LogP contribution in [0, 0.1) is 11.3 Å². The van der Waals surface area contributed by atoms with E-state index in [2.05, 4.69) is 46.1 Å². The molecule has 1 N–H and O–H groups in total. The van der Waals surface area contributed by atoms with E-state index in [1.807, 2.05) is 6.92 Å². The zero-order valence-corrected chi connectivity index (χ0v) is 23.6. The highest BCUT2D eigenvalue weighted by Crippen LogP contribution is 2.28. The fourth-order valence-electron chi connectivity index (χ4n) is 3.17. The average molecular weight is 477 g/mol. The summed E-state index contributed by atoms with van der Waals surface area (Å²) in [7, 11) is -2.82. The van der Waals surface area contributed by atoms with Crippen LogP contribution in [0.25, 0.3) is 0 Å². The molecular weight excluding hydrogens is 424 g/mol. The van der Waals surface area contributed by atoms with Gasteiger partial charge >= 0.3 is 8.90 Å². The molecule has 0 aliphatic carbocycles. The van der Waals surface area contributed by atoms with Crippen LogP contribution in [0.3, 0.4) is 0 Å². The van der Waals surface area contributed by atoms with Gasteiger partial charge in [0.2, 0.25) is 8.32 Å². The number of ether oxygens (including phenoxy) is 2. The molecule has 0 saturated carbocycles. The van der Waals surface area contributed by atoms with Crippen molar-refractivity contribution in [3.8, 4) is 0 Å². The highest BCUT2D eigenvalue weighted by atomic mass is 28.4. The lowest BCUT2D eigenvalue weighted by Gasteiger charge is -2.30. The van der Waals surface area contributed by atoms with E-state index >= 15 is 0 Å². The summed E-state index contributed by atoms with van der Waals surface area (Å²) in [5.74, 6) is 0.649.